The first-order valence-electron chi connectivity index (χ1n) is 15.4. The molecule has 13 heteroatoms. The fourth-order valence-electron chi connectivity index (χ4n) is 6.10. The molecule has 2 aliphatic rings. The minimum atomic E-state index is -1.14. The summed E-state index contributed by atoms with van der Waals surface area (Å²) in [5, 5.41) is 18.9. The number of aryl methyl sites for hydroxylation is 1. The van der Waals surface area contributed by atoms with Gasteiger partial charge in [-0.3, -0.25) is 19.2 Å². The van der Waals surface area contributed by atoms with Crippen molar-refractivity contribution >= 4 is 40.9 Å². The van der Waals surface area contributed by atoms with E-state index in [0.29, 0.717) is 17.1 Å². The third-order valence-electron chi connectivity index (χ3n) is 8.77. The summed E-state index contributed by atoms with van der Waals surface area (Å²) < 4.78 is 0. The van der Waals surface area contributed by atoms with Crippen LogP contribution in [0.25, 0.3) is 10.4 Å². The van der Waals surface area contributed by atoms with E-state index in [1.165, 1.54) is 11.0 Å². The largest absolute Gasteiger partial charge is 0.342 e. The number of carbonyl (C=O) groups excluding carboxylic acids is 4. The molecule has 2 heterocycles. The SMILES string of the molecule is Cc1cc(NC(=O)C(CCN=[N+]=[N-])NC(=O)[C@@H]2Cc3ccccc3CN2C(=O)CCC(=O)N2CCCCC2(C)C)c(C#N)cc1Cl. The van der Waals surface area contributed by atoms with Crippen molar-refractivity contribution in [1.29, 1.82) is 5.26 Å². The van der Waals surface area contributed by atoms with Crippen LogP contribution in [-0.4, -0.2) is 64.1 Å². The number of amides is 4. The van der Waals surface area contributed by atoms with Gasteiger partial charge in [0.25, 0.3) is 0 Å². The molecule has 12 nitrogen and oxygen atoms in total. The van der Waals surface area contributed by atoms with Crippen molar-refractivity contribution in [2.24, 2.45) is 5.11 Å². The van der Waals surface area contributed by atoms with Gasteiger partial charge in [0.05, 0.1) is 11.3 Å². The standard InChI is InChI=1S/C33H39ClN8O4/c1-21-16-27(24(19-35)17-25(21)34)39-31(45)26(12-14-37-40-36)38-32(46)28-18-22-8-4-5-9-23(22)20-41(28)29(43)10-11-30(44)42-15-7-6-13-33(42,2)3/h4-5,8-9,16-17,26,28H,6-7,10-15,18,20H2,1-3H3,(H,38,46)(H,39,45)/t26?,28-/m0/s1. The van der Waals surface area contributed by atoms with E-state index in [4.69, 9.17) is 17.1 Å². The van der Waals surface area contributed by atoms with Gasteiger partial charge in [-0.1, -0.05) is 41.0 Å². The number of carbonyl (C=O) groups is 4. The number of piperidine rings is 1. The summed E-state index contributed by atoms with van der Waals surface area (Å²) in [6, 6.07) is 10.5. The van der Waals surface area contributed by atoms with Gasteiger partial charge >= 0.3 is 0 Å². The van der Waals surface area contributed by atoms with Crippen molar-refractivity contribution in [2.45, 2.75) is 89.9 Å². The molecule has 2 N–H and O–H groups in total. The van der Waals surface area contributed by atoms with E-state index in [0.717, 1.165) is 30.4 Å². The number of hydrogen-bond donors (Lipinski definition) is 2. The molecule has 0 aliphatic carbocycles. The van der Waals surface area contributed by atoms with Crippen LogP contribution in [0.3, 0.4) is 0 Å². The minimum Gasteiger partial charge on any atom is -0.342 e. The van der Waals surface area contributed by atoms with Crippen LogP contribution in [0.1, 0.15) is 74.6 Å². The second kappa shape index (κ2) is 15.1. The molecule has 4 amide bonds. The van der Waals surface area contributed by atoms with E-state index < -0.39 is 23.9 Å². The van der Waals surface area contributed by atoms with Crippen molar-refractivity contribution in [3.8, 4) is 6.07 Å². The molecule has 0 radical (unpaired) electrons. The minimum absolute atomic E-state index is 0.0204. The highest BCUT2D eigenvalue weighted by Crippen LogP contribution is 2.29. The van der Waals surface area contributed by atoms with Crippen LogP contribution < -0.4 is 10.6 Å². The van der Waals surface area contributed by atoms with E-state index in [1.54, 1.807) is 13.0 Å². The summed E-state index contributed by atoms with van der Waals surface area (Å²) in [6.45, 7) is 6.57. The molecule has 1 unspecified atom stereocenters. The molecule has 2 atom stereocenters. The Bertz CT molecular complexity index is 1600. The Kier molecular flexibility index (Phi) is 11.3. The lowest BCUT2D eigenvalue weighted by Crippen LogP contribution is -2.56. The maximum atomic E-state index is 13.9. The average molecular weight is 647 g/mol. The average Bonchev–Trinajstić information content (AvgIpc) is 3.03. The van der Waals surface area contributed by atoms with Crippen LogP contribution >= 0.6 is 11.6 Å². The highest BCUT2D eigenvalue weighted by Gasteiger charge is 2.37. The number of halogens is 1. The second-order valence-electron chi connectivity index (χ2n) is 12.4. The van der Waals surface area contributed by atoms with E-state index in [1.807, 2.05) is 49.1 Å². The third kappa shape index (κ3) is 8.16. The number of anilines is 1. The maximum absolute atomic E-state index is 13.9. The van der Waals surface area contributed by atoms with Gasteiger partial charge in [-0.05, 0) is 80.8 Å². The Balaban J connectivity index is 1.53. The lowest BCUT2D eigenvalue weighted by atomic mass is 9.90. The van der Waals surface area contributed by atoms with Crippen LogP contribution in [0.15, 0.2) is 41.5 Å². The number of nitrogens with zero attached hydrogens (tertiary/aromatic N) is 6. The summed E-state index contributed by atoms with van der Waals surface area (Å²) in [4.78, 5) is 60.3. The lowest BCUT2D eigenvalue weighted by Gasteiger charge is -2.42. The molecule has 0 bridgehead atoms. The molecule has 2 aliphatic heterocycles. The van der Waals surface area contributed by atoms with Crippen LogP contribution in [0.4, 0.5) is 5.69 Å². The number of likely N-dealkylation sites (tertiary alicyclic amines) is 1. The van der Waals surface area contributed by atoms with Gasteiger partial charge in [-0.2, -0.15) is 5.26 Å². The first kappa shape index (κ1) is 34.3. The molecule has 46 heavy (non-hydrogen) atoms. The Labute approximate surface area is 273 Å². The normalized spacial score (nSPS) is 17.5. The molecule has 4 rings (SSSR count). The van der Waals surface area contributed by atoms with Crippen LogP contribution in [0.2, 0.25) is 5.02 Å². The van der Waals surface area contributed by atoms with Gasteiger partial charge in [0, 0.05) is 54.4 Å². The predicted molar refractivity (Wildman–Crippen MR) is 173 cm³/mol. The van der Waals surface area contributed by atoms with E-state index >= 15 is 0 Å². The molecular formula is C33H39ClN8O4. The van der Waals surface area contributed by atoms with Gasteiger partial charge in [-0.25, -0.2) is 0 Å². The monoisotopic (exact) mass is 646 g/mol. The number of hydrogen-bond acceptors (Lipinski definition) is 6. The lowest BCUT2D eigenvalue weighted by molar-refractivity contribution is -0.145. The fourth-order valence-corrected chi connectivity index (χ4v) is 6.27. The van der Waals surface area contributed by atoms with Crippen molar-refractivity contribution in [3.05, 3.63) is 74.1 Å². The van der Waals surface area contributed by atoms with Gasteiger partial charge in [0.15, 0.2) is 0 Å². The van der Waals surface area contributed by atoms with Crippen LogP contribution in [0, 0.1) is 18.3 Å². The van der Waals surface area contributed by atoms with Crippen molar-refractivity contribution in [3.63, 3.8) is 0 Å². The smallest absolute Gasteiger partial charge is 0.246 e. The van der Waals surface area contributed by atoms with Crippen molar-refractivity contribution in [2.75, 3.05) is 18.4 Å². The molecule has 0 aromatic heterocycles. The fraction of sp³-hybridized carbons (Fsp3) is 0.485. The quantitative estimate of drug-likeness (QED) is 0.206. The number of fused-ring (bicyclic) bond motifs is 1. The molecule has 242 valence electrons. The highest BCUT2D eigenvalue weighted by molar-refractivity contribution is 6.31. The zero-order valence-corrected chi connectivity index (χ0v) is 27.1. The third-order valence-corrected chi connectivity index (χ3v) is 9.17. The molecule has 2 aromatic carbocycles. The van der Waals surface area contributed by atoms with Crippen molar-refractivity contribution in [1.82, 2.24) is 15.1 Å². The molecule has 1 saturated heterocycles. The number of azide groups is 1. The zero-order valence-electron chi connectivity index (χ0n) is 26.4. The molecule has 1 fully saturated rings. The predicted octanol–water partition coefficient (Wildman–Crippen LogP) is 5.17. The first-order chi connectivity index (χ1) is 21.9. The highest BCUT2D eigenvalue weighted by atomic mass is 35.5. The molecular weight excluding hydrogens is 608 g/mol. The Morgan fingerprint density at radius 2 is 1.87 bits per heavy atom. The number of benzene rings is 2. The number of rotatable bonds is 10. The van der Waals surface area contributed by atoms with E-state index in [-0.39, 0.29) is 67.4 Å². The Hall–Kier alpha value is -4.59. The van der Waals surface area contributed by atoms with Gasteiger partial charge in [0.1, 0.15) is 18.2 Å². The summed E-state index contributed by atoms with van der Waals surface area (Å²) >= 11 is 6.15. The number of nitriles is 1. The maximum Gasteiger partial charge on any atom is 0.246 e. The van der Waals surface area contributed by atoms with E-state index in [9.17, 15) is 24.4 Å². The molecule has 0 spiro atoms. The summed E-state index contributed by atoms with van der Waals surface area (Å²) in [7, 11) is 0. The second-order valence-corrected chi connectivity index (χ2v) is 12.8. The summed E-state index contributed by atoms with van der Waals surface area (Å²) in [6.07, 6.45) is 3.08. The Morgan fingerprint density at radius 3 is 2.57 bits per heavy atom. The molecule has 0 saturated carbocycles. The summed E-state index contributed by atoms with van der Waals surface area (Å²) in [5.41, 5.74) is 11.4. The van der Waals surface area contributed by atoms with Gasteiger partial charge < -0.3 is 20.4 Å². The topological polar surface area (TPSA) is 171 Å². The van der Waals surface area contributed by atoms with Crippen LogP contribution in [-0.2, 0) is 32.1 Å². The Morgan fingerprint density at radius 1 is 1.15 bits per heavy atom. The van der Waals surface area contributed by atoms with Crippen molar-refractivity contribution < 1.29 is 19.2 Å². The number of nitrogens with one attached hydrogen (secondary N) is 2. The molecule has 2 aromatic rings. The zero-order chi connectivity index (χ0) is 33.4. The first-order valence-corrected chi connectivity index (χ1v) is 15.8. The van der Waals surface area contributed by atoms with Gasteiger partial charge in [0.2, 0.25) is 23.6 Å². The van der Waals surface area contributed by atoms with E-state index in [2.05, 4.69) is 20.7 Å². The van der Waals surface area contributed by atoms with Gasteiger partial charge in [-0.15, -0.1) is 0 Å². The van der Waals surface area contributed by atoms with Crippen LogP contribution in [0.5, 0.6) is 0 Å². The summed E-state index contributed by atoms with van der Waals surface area (Å²) in [5.74, 6) is -1.59.